The predicted molar refractivity (Wildman–Crippen MR) is 101 cm³/mol. The van der Waals surface area contributed by atoms with Crippen molar-refractivity contribution in [1.82, 2.24) is 14.7 Å². The first kappa shape index (κ1) is 17.1. The Morgan fingerprint density at radius 1 is 1.04 bits per heavy atom. The third kappa shape index (κ3) is 3.33. The second-order valence-electron chi connectivity index (χ2n) is 7.58. The van der Waals surface area contributed by atoms with E-state index in [1.807, 2.05) is 4.68 Å². The number of benzene rings is 1. The number of hydrogen-bond acceptors (Lipinski definition) is 4. The molecule has 2 aliphatic heterocycles. The average molecular weight is 354 g/mol. The number of carboxylic acid groups (broad SMARTS) is 1. The summed E-state index contributed by atoms with van der Waals surface area (Å²) in [5.74, 6) is -0.944. The molecular weight excluding hydrogens is 328 g/mol. The summed E-state index contributed by atoms with van der Waals surface area (Å²) in [4.78, 5) is 16.1. The Bertz CT molecular complexity index is 801. The van der Waals surface area contributed by atoms with E-state index in [9.17, 15) is 4.79 Å². The van der Waals surface area contributed by atoms with Crippen LogP contribution in [-0.4, -0.2) is 51.4 Å². The number of aromatic carboxylic acids is 1. The lowest BCUT2D eigenvalue weighted by molar-refractivity contribution is 0.0689. The summed E-state index contributed by atoms with van der Waals surface area (Å²) < 4.78 is 1.85. The van der Waals surface area contributed by atoms with E-state index in [1.165, 1.54) is 16.8 Å². The highest BCUT2D eigenvalue weighted by molar-refractivity contribution is 5.85. The third-order valence-corrected chi connectivity index (χ3v) is 5.60. The zero-order valence-electron chi connectivity index (χ0n) is 15.5. The summed E-state index contributed by atoms with van der Waals surface area (Å²) in [5.41, 5.74) is 5.15. The van der Waals surface area contributed by atoms with Gasteiger partial charge in [0.2, 0.25) is 0 Å². The van der Waals surface area contributed by atoms with Gasteiger partial charge in [0, 0.05) is 37.9 Å². The summed E-state index contributed by atoms with van der Waals surface area (Å²) in [6.45, 7) is 8.99. The van der Waals surface area contributed by atoms with Crippen LogP contribution in [0.1, 0.15) is 40.2 Å². The van der Waals surface area contributed by atoms with Crippen molar-refractivity contribution in [3.63, 3.8) is 0 Å². The van der Waals surface area contributed by atoms with Gasteiger partial charge in [-0.15, -0.1) is 0 Å². The molecule has 0 unspecified atom stereocenters. The lowest BCUT2D eigenvalue weighted by Gasteiger charge is -2.41. The van der Waals surface area contributed by atoms with Gasteiger partial charge in [0.25, 0.3) is 0 Å². The van der Waals surface area contributed by atoms with E-state index in [-0.39, 0.29) is 5.69 Å². The molecule has 0 atom stereocenters. The van der Waals surface area contributed by atoms with Gasteiger partial charge >= 0.3 is 5.97 Å². The van der Waals surface area contributed by atoms with Crippen LogP contribution < -0.4 is 4.90 Å². The van der Waals surface area contributed by atoms with Crippen LogP contribution in [0.25, 0.3) is 0 Å². The van der Waals surface area contributed by atoms with Gasteiger partial charge in [0.1, 0.15) is 0 Å². The van der Waals surface area contributed by atoms with Crippen LogP contribution in [0.4, 0.5) is 5.69 Å². The number of nitrogens with zero attached hydrogens (tertiary/aromatic N) is 4. The number of aromatic nitrogens is 2. The summed E-state index contributed by atoms with van der Waals surface area (Å²) in [6, 6.07) is 9.06. The lowest BCUT2D eigenvalue weighted by atomic mass is 10.0. The van der Waals surface area contributed by atoms with E-state index < -0.39 is 5.97 Å². The first-order valence-corrected chi connectivity index (χ1v) is 9.37. The molecule has 4 rings (SSSR count). The normalized spacial score (nSPS) is 18.8. The number of carbonyl (C=O) groups is 1. The molecule has 26 heavy (non-hydrogen) atoms. The maximum Gasteiger partial charge on any atom is 0.356 e. The molecule has 1 fully saturated rings. The topological polar surface area (TPSA) is 61.6 Å². The number of rotatable bonds is 3. The monoisotopic (exact) mass is 354 g/mol. The number of anilines is 1. The fourth-order valence-electron chi connectivity index (χ4n) is 4.33. The Kier molecular flexibility index (Phi) is 4.44. The smallest absolute Gasteiger partial charge is 0.356 e. The molecule has 1 N–H and O–H groups in total. The quantitative estimate of drug-likeness (QED) is 0.918. The van der Waals surface area contributed by atoms with E-state index in [4.69, 9.17) is 5.11 Å². The van der Waals surface area contributed by atoms with Crippen LogP contribution in [0.2, 0.25) is 0 Å². The Balaban J connectivity index is 1.40. The van der Waals surface area contributed by atoms with Gasteiger partial charge in [0.15, 0.2) is 5.69 Å². The van der Waals surface area contributed by atoms with Gasteiger partial charge in [-0.2, -0.15) is 5.10 Å². The molecule has 3 heterocycles. The molecule has 0 saturated carbocycles. The van der Waals surface area contributed by atoms with Crippen LogP contribution in [0, 0.1) is 13.8 Å². The van der Waals surface area contributed by atoms with E-state index in [2.05, 4.69) is 46.9 Å². The number of fused-ring (bicyclic) bond motifs is 1. The van der Waals surface area contributed by atoms with Crippen LogP contribution in [0.5, 0.6) is 0 Å². The van der Waals surface area contributed by atoms with Crippen molar-refractivity contribution >= 4 is 11.7 Å². The highest BCUT2D eigenvalue weighted by Gasteiger charge is 2.29. The molecule has 0 radical (unpaired) electrons. The largest absolute Gasteiger partial charge is 0.476 e. The molecule has 2 aromatic rings. The summed E-state index contributed by atoms with van der Waals surface area (Å²) >= 11 is 0. The number of aryl methyl sites for hydroxylation is 2. The fraction of sp³-hybridized carbons (Fsp3) is 0.500. The minimum Gasteiger partial charge on any atom is -0.476 e. The molecule has 6 heteroatoms. The van der Waals surface area contributed by atoms with Crippen molar-refractivity contribution in [3.05, 3.63) is 46.8 Å². The zero-order chi connectivity index (χ0) is 18.3. The molecule has 0 amide bonds. The first-order valence-electron chi connectivity index (χ1n) is 9.37. The summed E-state index contributed by atoms with van der Waals surface area (Å²) in [6.07, 6.45) is 2.29. The standard InChI is InChI=1S/C20H26N4O2/c1-14-9-15(2)11-17(10-14)22-5-3-16(4-6-22)23-7-8-24-18(13-23)12-19(21-24)20(25)26/h9-12,16H,3-8,13H2,1-2H3,(H,25,26). The summed E-state index contributed by atoms with van der Waals surface area (Å²) in [7, 11) is 0. The Hall–Kier alpha value is -2.34. The highest BCUT2D eigenvalue weighted by Crippen LogP contribution is 2.26. The van der Waals surface area contributed by atoms with Gasteiger partial charge in [-0.05, 0) is 56.0 Å². The van der Waals surface area contributed by atoms with Crippen LogP contribution in [-0.2, 0) is 13.1 Å². The van der Waals surface area contributed by atoms with Crippen molar-refractivity contribution < 1.29 is 9.90 Å². The lowest BCUT2D eigenvalue weighted by Crippen LogP contribution is -2.47. The van der Waals surface area contributed by atoms with Crippen molar-refractivity contribution in [2.75, 3.05) is 24.5 Å². The van der Waals surface area contributed by atoms with Crippen molar-refractivity contribution in [2.45, 2.75) is 45.8 Å². The molecule has 1 aromatic heterocycles. The summed E-state index contributed by atoms with van der Waals surface area (Å²) in [5, 5.41) is 13.3. The van der Waals surface area contributed by atoms with Crippen LogP contribution in [0.15, 0.2) is 24.3 Å². The maximum absolute atomic E-state index is 11.1. The fourth-order valence-corrected chi connectivity index (χ4v) is 4.33. The van der Waals surface area contributed by atoms with Crippen LogP contribution in [0.3, 0.4) is 0 Å². The van der Waals surface area contributed by atoms with E-state index in [0.29, 0.717) is 6.04 Å². The highest BCUT2D eigenvalue weighted by atomic mass is 16.4. The minimum atomic E-state index is -0.944. The van der Waals surface area contributed by atoms with Gasteiger partial charge in [-0.1, -0.05) is 6.07 Å². The third-order valence-electron chi connectivity index (χ3n) is 5.60. The van der Waals surface area contributed by atoms with E-state index in [0.717, 1.165) is 51.3 Å². The van der Waals surface area contributed by atoms with Gasteiger partial charge in [0.05, 0.1) is 12.2 Å². The number of carboxylic acids is 1. The number of hydrogen-bond donors (Lipinski definition) is 1. The average Bonchev–Trinajstić information content (AvgIpc) is 3.04. The molecule has 0 spiro atoms. The Labute approximate surface area is 154 Å². The second kappa shape index (κ2) is 6.76. The Morgan fingerprint density at radius 2 is 1.73 bits per heavy atom. The zero-order valence-corrected chi connectivity index (χ0v) is 15.5. The molecule has 2 aliphatic rings. The minimum absolute atomic E-state index is 0.159. The number of piperidine rings is 1. The van der Waals surface area contributed by atoms with E-state index >= 15 is 0 Å². The SMILES string of the molecule is Cc1cc(C)cc(N2CCC(N3CCn4nc(C(=O)O)cc4C3)CC2)c1. The van der Waals surface area contributed by atoms with E-state index in [1.54, 1.807) is 6.07 Å². The van der Waals surface area contributed by atoms with Crippen molar-refractivity contribution in [1.29, 1.82) is 0 Å². The molecule has 138 valence electrons. The van der Waals surface area contributed by atoms with Crippen LogP contribution >= 0.6 is 0 Å². The van der Waals surface area contributed by atoms with Crippen molar-refractivity contribution in [3.8, 4) is 0 Å². The van der Waals surface area contributed by atoms with Gasteiger partial charge in [-0.25, -0.2) is 4.79 Å². The maximum atomic E-state index is 11.1. The molecule has 6 nitrogen and oxygen atoms in total. The molecule has 1 saturated heterocycles. The van der Waals surface area contributed by atoms with Crippen molar-refractivity contribution in [2.24, 2.45) is 0 Å². The molecule has 0 aliphatic carbocycles. The molecule has 0 bridgehead atoms. The molecule has 1 aromatic carbocycles. The Morgan fingerprint density at radius 3 is 2.38 bits per heavy atom. The predicted octanol–water partition coefficient (Wildman–Crippen LogP) is 2.68. The first-order chi connectivity index (χ1) is 12.5. The molecular formula is C20H26N4O2. The second-order valence-corrected chi connectivity index (χ2v) is 7.58. The van der Waals surface area contributed by atoms with Gasteiger partial charge in [-0.3, -0.25) is 9.58 Å². The van der Waals surface area contributed by atoms with Gasteiger partial charge < -0.3 is 10.0 Å².